The van der Waals surface area contributed by atoms with Gasteiger partial charge >= 0.3 is 0 Å². The minimum absolute atomic E-state index is 0.0442. The lowest BCUT2D eigenvalue weighted by Gasteiger charge is -2.21. The standard InChI is InChI=1S/C15H25N3O2S/c1-11(2)13(15(20)16-8-6-9-18(3)4)17-14(19)12-7-5-10-21-12/h5,7,10-11,13H,6,8-9H2,1-4H3,(H,16,20)(H,17,19)/t13-/m1/s1. The Balaban J connectivity index is 2.48. The molecule has 1 aromatic heterocycles. The van der Waals surface area contributed by atoms with Crippen molar-refractivity contribution >= 4 is 23.2 Å². The van der Waals surface area contributed by atoms with Gasteiger partial charge in [0.05, 0.1) is 4.88 Å². The molecule has 0 saturated carbocycles. The Labute approximate surface area is 130 Å². The van der Waals surface area contributed by atoms with E-state index < -0.39 is 6.04 Å². The van der Waals surface area contributed by atoms with Gasteiger partial charge in [-0.25, -0.2) is 0 Å². The average Bonchev–Trinajstić information content (AvgIpc) is 2.93. The van der Waals surface area contributed by atoms with Crippen LogP contribution in [0.2, 0.25) is 0 Å². The van der Waals surface area contributed by atoms with Crippen LogP contribution >= 0.6 is 11.3 Å². The molecule has 0 aliphatic heterocycles. The molecule has 0 spiro atoms. The fourth-order valence-corrected chi connectivity index (χ4v) is 2.50. The van der Waals surface area contributed by atoms with E-state index in [-0.39, 0.29) is 17.7 Å². The molecule has 0 saturated heterocycles. The van der Waals surface area contributed by atoms with Crippen molar-refractivity contribution in [2.24, 2.45) is 5.92 Å². The molecular formula is C15H25N3O2S. The van der Waals surface area contributed by atoms with Gasteiger partial charge in [0.15, 0.2) is 0 Å². The summed E-state index contributed by atoms with van der Waals surface area (Å²) < 4.78 is 0. The van der Waals surface area contributed by atoms with Crippen LogP contribution in [0.15, 0.2) is 17.5 Å². The zero-order valence-electron chi connectivity index (χ0n) is 13.2. The van der Waals surface area contributed by atoms with Crippen molar-refractivity contribution in [3.05, 3.63) is 22.4 Å². The summed E-state index contributed by atoms with van der Waals surface area (Å²) in [6, 6.07) is 3.08. The maximum Gasteiger partial charge on any atom is 0.262 e. The molecule has 6 heteroatoms. The number of hydrogen-bond donors (Lipinski definition) is 2. The second-order valence-electron chi connectivity index (χ2n) is 5.62. The first-order valence-electron chi connectivity index (χ1n) is 7.18. The van der Waals surface area contributed by atoms with Crippen LogP contribution in [0.25, 0.3) is 0 Å². The van der Waals surface area contributed by atoms with E-state index in [2.05, 4.69) is 15.5 Å². The zero-order valence-corrected chi connectivity index (χ0v) is 14.0. The quantitative estimate of drug-likeness (QED) is 0.717. The number of carbonyl (C=O) groups excluding carboxylic acids is 2. The highest BCUT2D eigenvalue weighted by Gasteiger charge is 2.24. The predicted molar refractivity (Wildman–Crippen MR) is 86.6 cm³/mol. The summed E-state index contributed by atoms with van der Waals surface area (Å²) in [4.78, 5) is 27.0. The Morgan fingerprint density at radius 2 is 2.05 bits per heavy atom. The lowest BCUT2D eigenvalue weighted by Crippen LogP contribution is -2.49. The highest BCUT2D eigenvalue weighted by Crippen LogP contribution is 2.10. The molecule has 0 aliphatic rings. The number of nitrogens with one attached hydrogen (secondary N) is 2. The van der Waals surface area contributed by atoms with Crippen molar-refractivity contribution in [3.63, 3.8) is 0 Å². The van der Waals surface area contributed by atoms with Crippen LogP contribution in [0.5, 0.6) is 0 Å². The summed E-state index contributed by atoms with van der Waals surface area (Å²) in [6.07, 6.45) is 0.891. The third-order valence-electron chi connectivity index (χ3n) is 3.06. The van der Waals surface area contributed by atoms with E-state index >= 15 is 0 Å². The zero-order chi connectivity index (χ0) is 15.8. The molecule has 1 aromatic rings. The second-order valence-corrected chi connectivity index (χ2v) is 6.57. The number of thiophene rings is 1. The molecule has 0 aliphatic carbocycles. The Morgan fingerprint density at radius 1 is 1.33 bits per heavy atom. The molecule has 1 heterocycles. The Hall–Kier alpha value is -1.40. The lowest BCUT2D eigenvalue weighted by molar-refractivity contribution is -0.123. The van der Waals surface area contributed by atoms with Gasteiger partial charge in [0.2, 0.25) is 5.91 Å². The molecule has 0 aromatic carbocycles. The number of hydrogen-bond acceptors (Lipinski definition) is 4. The van der Waals surface area contributed by atoms with Gasteiger partial charge in [0.1, 0.15) is 6.04 Å². The van der Waals surface area contributed by atoms with Crippen LogP contribution in [0.1, 0.15) is 29.9 Å². The number of rotatable bonds is 8. The highest BCUT2D eigenvalue weighted by atomic mass is 32.1. The third kappa shape index (κ3) is 6.27. The van der Waals surface area contributed by atoms with Crippen LogP contribution in [-0.2, 0) is 4.79 Å². The minimum Gasteiger partial charge on any atom is -0.354 e. The molecule has 0 bridgehead atoms. The fraction of sp³-hybridized carbons (Fsp3) is 0.600. The van der Waals surface area contributed by atoms with E-state index in [4.69, 9.17) is 0 Å². The Morgan fingerprint density at radius 3 is 2.57 bits per heavy atom. The molecule has 0 unspecified atom stereocenters. The molecule has 2 N–H and O–H groups in total. The van der Waals surface area contributed by atoms with Gasteiger partial charge in [0.25, 0.3) is 5.91 Å². The lowest BCUT2D eigenvalue weighted by atomic mass is 10.0. The maximum atomic E-state index is 12.2. The van der Waals surface area contributed by atoms with Gasteiger partial charge in [-0.3, -0.25) is 9.59 Å². The first kappa shape index (κ1) is 17.7. The topological polar surface area (TPSA) is 61.4 Å². The third-order valence-corrected chi connectivity index (χ3v) is 3.93. The Kier molecular flexibility index (Phi) is 7.39. The summed E-state index contributed by atoms with van der Waals surface area (Å²) >= 11 is 1.37. The molecule has 1 rings (SSSR count). The average molecular weight is 311 g/mol. The van der Waals surface area contributed by atoms with E-state index in [1.165, 1.54) is 11.3 Å². The Bertz CT molecular complexity index is 444. The van der Waals surface area contributed by atoms with Crippen molar-refractivity contribution in [2.45, 2.75) is 26.3 Å². The first-order chi connectivity index (χ1) is 9.91. The van der Waals surface area contributed by atoms with Gasteiger partial charge in [0, 0.05) is 6.54 Å². The van der Waals surface area contributed by atoms with Gasteiger partial charge in [-0.15, -0.1) is 11.3 Å². The van der Waals surface area contributed by atoms with Gasteiger partial charge in [-0.05, 0) is 44.4 Å². The van der Waals surface area contributed by atoms with Crippen LogP contribution in [-0.4, -0.2) is 49.9 Å². The second kappa shape index (κ2) is 8.79. The van der Waals surface area contributed by atoms with E-state index in [1.54, 1.807) is 6.07 Å². The van der Waals surface area contributed by atoms with Gasteiger partial charge in [-0.2, -0.15) is 0 Å². The van der Waals surface area contributed by atoms with Crippen molar-refractivity contribution < 1.29 is 9.59 Å². The molecule has 1 atom stereocenters. The van der Waals surface area contributed by atoms with E-state index in [0.717, 1.165) is 13.0 Å². The molecule has 0 radical (unpaired) electrons. The van der Waals surface area contributed by atoms with Crippen LogP contribution in [0.3, 0.4) is 0 Å². The van der Waals surface area contributed by atoms with E-state index in [1.807, 2.05) is 39.4 Å². The SMILES string of the molecule is CC(C)[C@@H](NC(=O)c1cccs1)C(=O)NCCCN(C)C. The number of amides is 2. The fourth-order valence-electron chi connectivity index (χ4n) is 1.87. The van der Waals surface area contributed by atoms with Crippen LogP contribution < -0.4 is 10.6 Å². The largest absolute Gasteiger partial charge is 0.354 e. The summed E-state index contributed by atoms with van der Waals surface area (Å²) in [5, 5.41) is 7.56. The predicted octanol–water partition coefficient (Wildman–Crippen LogP) is 1.57. The molecule has 2 amide bonds. The highest BCUT2D eigenvalue weighted by molar-refractivity contribution is 7.12. The molecule has 5 nitrogen and oxygen atoms in total. The first-order valence-corrected chi connectivity index (χ1v) is 8.06. The van der Waals surface area contributed by atoms with E-state index in [9.17, 15) is 9.59 Å². The minimum atomic E-state index is -0.501. The van der Waals surface area contributed by atoms with Crippen molar-refractivity contribution in [1.29, 1.82) is 0 Å². The normalized spacial score (nSPS) is 12.5. The molecule has 21 heavy (non-hydrogen) atoms. The monoisotopic (exact) mass is 311 g/mol. The molecule has 118 valence electrons. The van der Waals surface area contributed by atoms with Crippen molar-refractivity contribution in [1.82, 2.24) is 15.5 Å². The van der Waals surface area contributed by atoms with Crippen LogP contribution in [0, 0.1) is 5.92 Å². The van der Waals surface area contributed by atoms with Crippen molar-refractivity contribution in [2.75, 3.05) is 27.2 Å². The molecule has 0 fully saturated rings. The summed E-state index contributed by atoms with van der Waals surface area (Å²) in [5.41, 5.74) is 0. The summed E-state index contributed by atoms with van der Waals surface area (Å²) in [6.45, 7) is 5.40. The smallest absolute Gasteiger partial charge is 0.262 e. The van der Waals surface area contributed by atoms with E-state index in [0.29, 0.717) is 11.4 Å². The van der Waals surface area contributed by atoms with Crippen molar-refractivity contribution in [3.8, 4) is 0 Å². The number of carbonyl (C=O) groups is 2. The summed E-state index contributed by atoms with van der Waals surface area (Å²) in [7, 11) is 4.00. The number of nitrogens with zero attached hydrogens (tertiary/aromatic N) is 1. The van der Waals surface area contributed by atoms with Crippen LogP contribution in [0.4, 0.5) is 0 Å². The molecular weight excluding hydrogens is 286 g/mol. The maximum absolute atomic E-state index is 12.2. The van der Waals surface area contributed by atoms with Gasteiger partial charge < -0.3 is 15.5 Å². The summed E-state index contributed by atoms with van der Waals surface area (Å²) in [5.74, 6) is -0.261. The van der Waals surface area contributed by atoms with Gasteiger partial charge in [-0.1, -0.05) is 19.9 Å².